The molecule has 2 aromatic heterocycles. The van der Waals surface area contributed by atoms with Gasteiger partial charge in [0.1, 0.15) is 5.82 Å². The van der Waals surface area contributed by atoms with Crippen LogP contribution in [0.3, 0.4) is 0 Å². The van der Waals surface area contributed by atoms with Gasteiger partial charge in [0.25, 0.3) is 0 Å². The van der Waals surface area contributed by atoms with Gasteiger partial charge < -0.3 is 5.32 Å². The monoisotopic (exact) mass is 275 g/mol. The van der Waals surface area contributed by atoms with Gasteiger partial charge in [-0.05, 0) is 31.9 Å². The van der Waals surface area contributed by atoms with E-state index in [9.17, 15) is 10.1 Å². The summed E-state index contributed by atoms with van der Waals surface area (Å²) in [6, 6.07) is 3.02. The van der Waals surface area contributed by atoms with Crippen LogP contribution in [0, 0.1) is 24.0 Å². The fourth-order valence-electron chi connectivity index (χ4n) is 2.27. The van der Waals surface area contributed by atoms with E-state index in [1.165, 1.54) is 6.07 Å². The third-order valence-electron chi connectivity index (χ3n) is 3.30. The molecule has 1 N–H and O–H groups in total. The van der Waals surface area contributed by atoms with Crippen LogP contribution in [0.25, 0.3) is 5.82 Å². The Hall–Kier alpha value is -2.44. The largest absolute Gasteiger partial charge is 0.373 e. The number of nitrogens with one attached hydrogen (secondary N) is 1. The van der Waals surface area contributed by atoms with E-state index in [0.29, 0.717) is 5.82 Å². The van der Waals surface area contributed by atoms with Gasteiger partial charge in [0.05, 0.1) is 10.6 Å². The topological polar surface area (TPSA) is 85.9 Å². The Kier molecular flexibility index (Phi) is 3.69. The van der Waals surface area contributed by atoms with Crippen molar-refractivity contribution in [3.63, 3.8) is 0 Å². The molecule has 7 heteroatoms. The molecule has 0 radical (unpaired) electrons. The molecule has 0 saturated carbocycles. The Morgan fingerprint density at radius 3 is 2.60 bits per heavy atom. The van der Waals surface area contributed by atoms with Gasteiger partial charge >= 0.3 is 5.69 Å². The van der Waals surface area contributed by atoms with Gasteiger partial charge in [-0.15, -0.1) is 0 Å². The van der Waals surface area contributed by atoms with Gasteiger partial charge in [-0.2, -0.15) is 5.10 Å². The number of aryl methyl sites for hydroxylation is 1. The molecule has 0 fully saturated rings. The van der Waals surface area contributed by atoms with Crippen LogP contribution < -0.4 is 5.32 Å². The van der Waals surface area contributed by atoms with Crippen LogP contribution >= 0.6 is 0 Å². The van der Waals surface area contributed by atoms with E-state index in [1.54, 1.807) is 17.8 Å². The SMILES string of the molecule is CCc1c(C)nn(-c2nc(NC)ccc2[N+](=O)[O-])c1C. The van der Waals surface area contributed by atoms with E-state index < -0.39 is 4.92 Å². The minimum atomic E-state index is -0.441. The van der Waals surface area contributed by atoms with Gasteiger partial charge in [-0.3, -0.25) is 10.1 Å². The van der Waals surface area contributed by atoms with Crippen molar-refractivity contribution >= 4 is 11.5 Å². The van der Waals surface area contributed by atoms with Crippen LogP contribution in [0.5, 0.6) is 0 Å². The van der Waals surface area contributed by atoms with Gasteiger partial charge in [-0.25, -0.2) is 9.67 Å². The van der Waals surface area contributed by atoms with E-state index in [-0.39, 0.29) is 11.5 Å². The number of hydrogen-bond donors (Lipinski definition) is 1. The zero-order valence-corrected chi connectivity index (χ0v) is 12.0. The summed E-state index contributed by atoms with van der Waals surface area (Å²) in [7, 11) is 1.72. The molecule has 0 spiro atoms. The number of rotatable bonds is 4. The lowest BCUT2D eigenvalue weighted by Crippen LogP contribution is -2.08. The number of nitrogens with zero attached hydrogens (tertiary/aromatic N) is 4. The van der Waals surface area contributed by atoms with E-state index >= 15 is 0 Å². The lowest BCUT2D eigenvalue weighted by molar-refractivity contribution is -0.384. The lowest BCUT2D eigenvalue weighted by atomic mass is 10.1. The highest BCUT2D eigenvalue weighted by atomic mass is 16.6. The maximum absolute atomic E-state index is 11.2. The molecular weight excluding hydrogens is 258 g/mol. The van der Waals surface area contributed by atoms with Crippen molar-refractivity contribution in [2.75, 3.05) is 12.4 Å². The molecule has 20 heavy (non-hydrogen) atoms. The van der Waals surface area contributed by atoms with Crippen LogP contribution in [-0.2, 0) is 6.42 Å². The van der Waals surface area contributed by atoms with Crippen molar-refractivity contribution < 1.29 is 4.92 Å². The van der Waals surface area contributed by atoms with Crippen LogP contribution in [0.15, 0.2) is 12.1 Å². The van der Waals surface area contributed by atoms with Crippen molar-refractivity contribution in [1.29, 1.82) is 0 Å². The molecule has 0 atom stereocenters. The quantitative estimate of drug-likeness (QED) is 0.684. The fraction of sp³-hybridized carbons (Fsp3) is 0.385. The molecular formula is C13H17N5O2. The Labute approximate surface area is 116 Å². The molecule has 0 aliphatic heterocycles. The normalized spacial score (nSPS) is 10.6. The Morgan fingerprint density at radius 2 is 2.10 bits per heavy atom. The van der Waals surface area contributed by atoms with Crippen LogP contribution in [-0.4, -0.2) is 26.7 Å². The molecule has 2 rings (SSSR count). The second kappa shape index (κ2) is 5.28. The Bertz CT molecular complexity index is 663. The first-order chi connectivity index (χ1) is 9.49. The fourth-order valence-corrected chi connectivity index (χ4v) is 2.27. The second-order valence-corrected chi connectivity index (χ2v) is 4.46. The van der Waals surface area contributed by atoms with E-state index in [4.69, 9.17) is 0 Å². The van der Waals surface area contributed by atoms with Crippen molar-refractivity contribution in [3.8, 4) is 5.82 Å². The Morgan fingerprint density at radius 1 is 1.40 bits per heavy atom. The minimum absolute atomic E-state index is 0.0581. The first-order valence-corrected chi connectivity index (χ1v) is 6.38. The van der Waals surface area contributed by atoms with Crippen LogP contribution in [0.4, 0.5) is 11.5 Å². The third kappa shape index (κ3) is 2.22. The first kappa shape index (κ1) is 14.0. The zero-order valence-electron chi connectivity index (χ0n) is 12.0. The number of pyridine rings is 1. The molecule has 7 nitrogen and oxygen atoms in total. The van der Waals surface area contributed by atoms with Gasteiger partial charge in [0.15, 0.2) is 0 Å². The molecule has 0 aliphatic rings. The highest BCUT2D eigenvalue weighted by Crippen LogP contribution is 2.25. The summed E-state index contributed by atoms with van der Waals surface area (Å²) in [5.41, 5.74) is 2.79. The van der Waals surface area contributed by atoms with E-state index in [2.05, 4.69) is 15.4 Å². The standard InChI is InChI=1S/C13H17N5O2/c1-5-10-8(2)16-17(9(10)3)13-11(18(19)20)6-7-12(14-4)15-13/h6-7H,5H2,1-4H3,(H,14,15). The summed E-state index contributed by atoms with van der Waals surface area (Å²) >= 11 is 0. The number of anilines is 1. The summed E-state index contributed by atoms with van der Waals surface area (Å²) in [6.07, 6.45) is 0.831. The lowest BCUT2D eigenvalue weighted by Gasteiger charge is -2.07. The predicted octanol–water partition coefficient (Wildman–Crippen LogP) is 2.40. The third-order valence-corrected chi connectivity index (χ3v) is 3.30. The predicted molar refractivity (Wildman–Crippen MR) is 76.4 cm³/mol. The van der Waals surface area contributed by atoms with Crippen LogP contribution in [0.2, 0.25) is 0 Å². The number of hydrogen-bond acceptors (Lipinski definition) is 5. The summed E-state index contributed by atoms with van der Waals surface area (Å²) in [4.78, 5) is 15.0. The molecule has 106 valence electrons. The van der Waals surface area contributed by atoms with Gasteiger partial charge in [0.2, 0.25) is 5.82 Å². The highest BCUT2D eigenvalue weighted by molar-refractivity contribution is 5.54. The molecule has 0 amide bonds. The molecule has 0 unspecified atom stereocenters. The van der Waals surface area contributed by atoms with Crippen LogP contribution in [0.1, 0.15) is 23.9 Å². The molecule has 0 aliphatic carbocycles. The molecule has 0 saturated heterocycles. The minimum Gasteiger partial charge on any atom is -0.373 e. The zero-order chi connectivity index (χ0) is 14.9. The average molecular weight is 275 g/mol. The molecule has 2 heterocycles. The second-order valence-electron chi connectivity index (χ2n) is 4.46. The summed E-state index contributed by atoms with van der Waals surface area (Å²) < 4.78 is 1.55. The summed E-state index contributed by atoms with van der Waals surface area (Å²) in [5, 5.41) is 18.4. The molecule has 0 bridgehead atoms. The summed E-state index contributed by atoms with van der Waals surface area (Å²) in [6.45, 7) is 5.83. The van der Waals surface area contributed by atoms with E-state index in [1.807, 2.05) is 20.8 Å². The Balaban J connectivity index is 2.70. The van der Waals surface area contributed by atoms with Gasteiger partial charge in [0, 0.05) is 18.8 Å². The van der Waals surface area contributed by atoms with Gasteiger partial charge in [-0.1, -0.05) is 6.92 Å². The van der Waals surface area contributed by atoms with Crippen molar-refractivity contribution in [3.05, 3.63) is 39.2 Å². The molecule has 2 aromatic rings. The first-order valence-electron chi connectivity index (χ1n) is 6.38. The van der Waals surface area contributed by atoms with Crippen molar-refractivity contribution in [2.24, 2.45) is 0 Å². The van der Waals surface area contributed by atoms with E-state index in [0.717, 1.165) is 23.4 Å². The highest BCUT2D eigenvalue weighted by Gasteiger charge is 2.22. The molecule has 0 aromatic carbocycles. The smallest absolute Gasteiger partial charge is 0.313 e. The number of nitro groups is 1. The van der Waals surface area contributed by atoms with Crippen molar-refractivity contribution in [1.82, 2.24) is 14.8 Å². The maximum Gasteiger partial charge on any atom is 0.313 e. The maximum atomic E-state index is 11.2. The van der Waals surface area contributed by atoms with Crippen molar-refractivity contribution in [2.45, 2.75) is 27.2 Å². The average Bonchev–Trinajstić information content (AvgIpc) is 2.72. The summed E-state index contributed by atoms with van der Waals surface area (Å²) in [5.74, 6) is 0.804. The number of aromatic nitrogens is 3.